The molecule has 1 saturated heterocycles. The van der Waals surface area contributed by atoms with Gasteiger partial charge in [0, 0.05) is 12.3 Å². The van der Waals surface area contributed by atoms with E-state index in [4.69, 9.17) is 9.47 Å². The predicted molar refractivity (Wildman–Crippen MR) is 79.6 cm³/mol. The van der Waals surface area contributed by atoms with Gasteiger partial charge in [0.1, 0.15) is 5.78 Å². The van der Waals surface area contributed by atoms with E-state index >= 15 is 0 Å². The summed E-state index contributed by atoms with van der Waals surface area (Å²) >= 11 is 0. The molecule has 0 aromatic carbocycles. The van der Waals surface area contributed by atoms with Crippen LogP contribution in [0.25, 0.3) is 0 Å². The Morgan fingerprint density at radius 2 is 1.40 bits per heavy atom. The number of carbonyl (C=O) groups excluding carboxylic acids is 1. The molecule has 3 nitrogen and oxygen atoms in total. The number of Topliss-reactive ketones (excluding diaryl/α,β-unsaturated/α-hetero) is 1. The van der Waals surface area contributed by atoms with Crippen molar-refractivity contribution in [1.29, 1.82) is 0 Å². The molecule has 0 amide bonds. The van der Waals surface area contributed by atoms with Gasteiger partial charge in [-0.05, 0) is 25.7 Å². The molecule has 2 fully saturated rings. The lowest BCUT2D eigenvalue weighted by molar-refractivity contribution is -0.124. The summed E-state index contributed by atoms with van der Waals surface area (Å²) in [5.74, 6) is 0.741. The number of ether oxygens (including phenoxy) is 2. The van der Waals surface area contributed by atoms with Gasteiger partial charge in [0.25, 0.3) is 0 Å². The zero-order valence-electron chi connectivity index (χ0n) is 12.8. The van der Waals surface area contributed by atoms with Gasteiger partial charge in [-0.15, -0.1) is 0 Å². The Balaban J connectivity index is 1.75. The maximum absolute atomic E-state index is 12.4. The fourth-order valence-electron chi connectivity index (χ4n) is 3.33. The van der Waals surface area contributed by atoms with E-state index in [-0.39, 0.29) is 12.2 Å². The lowest BCUT2D eigenvalue weighted by Crippen LogP contribution is -2.18. The third-order valence-corrected chi connectivity index (χ3v) is 4.62. The Morgan fingerprint density at radius 1 is 0.800 bits per heavy atom. The van der Waals surface area contributed by atoms with Gasteiger partial charge in [0.05, 0.1) is 13.2 Å². The number of ketones is 1. The fourth-order valence-corrected chi connectivity index (χ4v) is 3.33. The molecule has 1 atom stereocenters. The van der Waals surface area contributed by atoms with Crippen molar-refractivity contribution >= 4 is 5.78 Å². The van der Waals surface area contributed by atoms with E-state index < -0.39 is 0 Å². The first-order valence-corrected chi connectivity index (χ1v) is 8.62. The van der Waals surface area contributed by atoms with Gasteiger partial charge < -0.3 is 9.47 Å². The van der Waals surface area contributed by atoms with Gasteiger partial charge in [-0.25, -0.2) is 0 Å². The molecule has 0 N–H and O–H groups in total. The van der Waals surface area contributed by atoms with Crippen LogP contribution >= 0.6 is 0 Å². The highest BCUT2D eigenvalue weighted by Crippen LogP contribution is 2.24. The molecule has 20 heavy (non-hydrogen) atoms. The molecule has 0 radical (unpaired) electrons. The predicted octanol–water partition coefficient (Wildman–Crippen LogP) is 4.24. The third-order valence-electron chi connectivity index (χ3n) is 4.62. The normalized spacial score (nSPS) is 28.0. The smallest absolute Gasteiger partial charge is 0.157 e. The number of hydrogen-bond donors (Lipinski definition) is 0. The molecule has 1 heterocycles. The summed E-state index contributed by atoms with van der Waals surface area (Å²) in [7, 11) is 0. The SMILES string of the molecule is O=C1CCCCCCCCCCC1CCC1OCCO1. The highest BCUT2D eigenvalue weighted by molar-refractivity contribution is 5.80. The summed E-state index contributed by atoms with van der Waals surface area (Å²) < 4.78 is 11.0. The zero-order valence-corrected chi connectivity index (χ0v) is 12.8. The van der Waals surface area contributed by atoms with Gasteiger partial charge in [-0.3, -0.25) is 4.79 Å². The van der Waals surface area contributed by atoms with Gasteiger partial charge >= 0.3 is 0 Å². The molecule has 2 aliphatic rings. The van der Waals surface area contributed by atoms with Crippen LogP contribution in [0.1, 0.15) is 77.0 Å². The van der Waals surface area contributed by atoms with Crippen molar-refractivity contribution in [3.05, 3.63) is 0 Å². The second-order valence-corrected chi connectivity index (χ2v) is 6.28. The van der Waals surface area contributed by atoms with Crippen LogP contribution in [0.2, 0.25) is 0 Å². The Hall–Kier alpha value is -0.410. The number of rotatable bonds is 3. The molecule has 116 valence electrons. The van der Waals surface area contributed by atoms with E-state index in [1.165, 1.54) is 44.9 Å². The standard InChI is InChI=1S/C17H30O3/c18-16-10-8-6-4-2-1-3-5-7-9-15(16)11-12-17-19-13-14-20-17/h15,17H,1-14H2. The lowest BCUT2D eigenvalue weighted by Gasteiger charge is -2.18. The molecule has 1 aliphatic heterocycles. The zero-order chi connectivity index (χ0) is 14.0. The average molecular weight is 282 g/mol. The lowest BCUT2D eigenvalue weighted by atomic mass is 9.88. The Morgan fingerprint density at radius 3 is 2.10 bits per heavy atom. The number of hydrogen-bond acceptors (Lipinski definition) is 3. The monoisotopic (exact) mass is 282 g/mol. The van der Waals surface area contributed by atoms with Crippen LogP contribution in [0.15, 0.2) is 0 Å². The molecule has 1 saturated carbocycles. The molecule has 0 bridgehead atoms. The first kappa shape index (κ1) is 16.0. The van der Waals surface area contributed by atoms with Crippen molar-refractivity contribution in [3.63, 3.8) is 0 Å². The summed E-state index contributed by atoms with van der Waals surface area (Å²) in [5.41, 5.74) is 0. The summed E-state index contributed by atoms with van der Waals surface area (Å²) in [5, 5.41) is 0. The molecule has 3 heteroatoms. The highest BCUT2D eigenvalue weighted by atomic mass is 16.7. The van der Waals surface area contributed by atoms with Gasteiger partial charge in [0.15, 0.2) is 6.29 Å². The number of carbonyl (C=O) groups is 1. The third kappa shape index (κ3) is 5.92. The van der Waals surface area contributed by atoms with Crippen LogP contribution in [-0.4, -0.2) is 25.3 Å². The first-order valence-electron chi connectivity index (χ1n) is 8.62. The van der Waals surface area contributed by atoms with Crippen molar-refractivity contribution < 1.29 is 14.3 Å². The van der Waals surface area contributed by atoms with E-state index in [9.17, 15) is 4.79 Å². The van der Waals surface area contributed by atoms with E-state index in [1.807, 2.05) is 0 Å². The topological polar surface area (TPSA) is 35.5 Å². The molecule has 0 aromatic heterocycles. The van der Waals surface area contributed by atoms with Crippen LogP contribution < -0.4 is 0 Å². The largest absolute Gasteiger partial charge is 0.350 e. The maximum atomic E-state index is 12.4. The Kier molecular flexibility index (Phi) is 7.60. The maximum Gasteiger partial charge on any atom is 0.157 e. The summed E-state index contributed by atoms with van der Waals surface area (Å²) in [6.07, 6.45) is 13.8. The molecule has 0 aromatic rings. The van der Waals surface area contributed by atoms with Crippen LogP contribution in [0.4, 0.5) is 0 Å². The minimum Gasteiger partial charge on any atom is -0.350 e. The quantitative estimate of drug-likeness (QED) is 0.776. The van der Waals surface area contributed by atoms with Crippen LogP contribution in [-0.2, 0) is 14.3 Å². The van der Waals surface area contributed by atoms with Gasteiger partial charge in [0.2, 0.25) is 0 Å². The molecule has 0 spiro atoms. The molecule has 2 rings (SSSR count). The van der Waals surface area contributed by atoms with Crippen molar-refractivity contribution in [2.75, 3.05) is 13.2 Å². The van der Waals surface area contributed by atoms with E-state index in [2.05, 4.69) is 0 Å². The van der Waals surface area contributed by atoms with E-state index in [0.29, 0.717) is 19.0 Å². The minimum absolute atomic E-state index is 0.0517. The molecule has 1 aliphatic carbocycles. The Bertz CT molecular complexity index is 271. The van der Waals surface area contributed by atoms with Crippen molar-refractivity contribution in [2.24, 2.45) is 5.92 Å². The van der Waals surface area contributed by atoms with Crippen LogP contribution in [0.5, 0.6) is 0 Å². The molecule has 1 unspecified atom stereocenters. The summed E-state index contributed by atoms with van der Waals surface area (Å²) in [6, 6.07) is 0. The Labute approximate surface area is 123 Å². The van der Waals surface area contributed by atoms with Crippen LogP contribution in [0, 0.1) is 5.92 Å². The summed E-state index contributed by atoms with van der Waals surface area (Å²) in [4.78, 5) is 12.4. The molecular formula is C17H30O3. The minimum atomic E-state index is -0.0517. The average Bonchev–Trinajstić information content (AvgIpc) is 2.95. The fraction of sp³-hybridized carbons (Fsp3) is 0.941. The van der Waals surface area contributed by atoms with Crippen LogP contribution in [0.3, 0.4) is 0 Å². The molecular weight excluding hydrogens is 252 g/mol. The van der Waals surface area contributed by atoms with Crippen molar-refractivity contribution in [3.8, 4) is 0 Å². The first-order chi connectivity index (χ1) is 9.86. The second-order valence-electron chi connectivity index (χ2n) is 6.28. The van der Waals surface area contributed by atoms with Gasteiger partial charge in [-0.1, -0.05) is 44.9 Å². The highest BCUT2D eigenvalue weighted by Gasteiger charge is 2.22. The van der Waals surface area contributed by atoms with E-state index in [1.54, 1.807) is 0 Å². The van der Waals surface area contributed by atoms with Crippen molar-refractivity contribution in [2.45, 2.75) is 83.3 Å². The van der Waals surface area contributed by atoms with Crippen molar-refractivity contribution in [1.82, 2.24) is 0 Å². The summed E-state index contributed by atoms with van der Waals surface area (Å²) in [6.45, 7) is 1.42. The van der Waals surface area contributed by atoms with Gasteiger partial charge in [-0.2, -0.15) is 0 Å². The second kappa shape index (κ2) is 9.51. The van der Waals surface area contributed by atoms with E-state index in [0.717, 1.165) is 32.1 Å².